The van der Waals surface area contributed by atoms with Crippen LogP contribution in [0.15, 0.2) is 24.3 Å². The Balaban J connectivity index is 1.68. The van der Waals surface area contributed by atoms with Crippen LogP contribution in [0, 0.1) is 0 Å². The molecule has 2 saturated heterocycles. The van der Waals surface area contributed by atoms with Crippen LogP contribution in [0.1, 0.15) is 24.3 Å². The molecule has 4 heteroatoms. The summed E-state index contributed by atoms with van der Waals surface area (Å²) in [5.41, 5.74) is 2.58. The molecule has 0 aromatic heterocycles. The monoisotopic (exact) mass is 273 g/mol. The normalized spacial score (nSPS) is 24.1. The third-order valence-corrected chi connectivity index (χ3v) is 4.48. The number of amides is 1. The molecule has 3 rings (SSSR count). The number of hydrogen-bond acceptors (Lipinski definition) is 3. The van der Waals surface area contributed by atoms with Gasteiger partial charge in [-0.25, -0.2) is 0 Å². The smallest absolute Gasteiger partial charge is 0.241 e. The molecule has 0 spiro atoms. The Kier molecular flexibility index (Phi) is 3.92. The minimum absolute atomic E-state index is 0.205. The van der Waals surface area contributed by atoms with E-state index in [-0.39, 0.29) is 5.91 Å². The van der Waals surface area contributed by atoms with E-state index in [9.17, 15) is 4.79 Å². The number of piperidine rings is 1. The van der Waals surface area contributed by atoms with Crippen molar-refractivity contribution >= 4 is 11.6 Å². The lowest BCUT2D eigenvalue weighted by atomic mass is 9.91. The SMILES string of the molecule is CN1CCN(c2ccc(C3CCCNC3)cc2)CC1=O. The van der Waals surface area contributed by atoms with E-state index in [1.807, 2.05) is 7.05 Å². The van der Waals surface area contributed by atoms with Crippen LogP contribution < -0.4 is 10.2 Å². The molecule has 4 nitrogen and oxygen atoms in total. The van der Waals surface area contributed by atoms with Crippen molar-refractivity contribution in [2.75, 3.05) is 44.7 Å². The van der Waals surface area contributed by atoms with Crippen molar-refractivity contribution in [3.05, 3.63) is 29.8 Å². The third kappa shape index (κ3) is 2.80. The first-order valence-electron chi connectivity index (χ1n) is 7.53. The lowest BCUT2D eigenvalue weighted by Gasteiger charge is -2.33. The molecular formula is C16H23N3O. The number of benzene rings is 1. The maximum atomic E-state index is 11.8. The highest BCUT2D eigenvalue weighted by Gasteiger charge is 2.21. The Morgan fingerprint density at radius 2 is 2.00 bits per heavy atom. The van der Waals surface area contributed by atoms with Crippen molar-refractivity contribution in [3.63, 3.8) is 0 Å². The summed E-state index contributed by atoms with van der Waals surface area (Å²) in [5, 5.41) is 3.46. The van der Waals surface area contributed by atoms with E-state index in [1.54, 1.807) is 4.90 Å². The van der Waals surface area contributed by atoms with E-state index in [4.69, 9.17) is 0 Å². The lowest BCUT2D eigenvalue weighted by molar-refractivity contribution is -0.129. The number of likely N-dealkylation sites (N-methyl/N-ethyl adjacent to an activating group) is 1. The van der Waals surface area contributed by atoms with Gasteiger partial charge in [-0.15, -0.1) is 0 Å². The van der Waals surface area contributed by atoms with Crippen LogP contribution in [-0.2, 0) is 4.79 Å². The van der Waals surface area contributed by atoms with Gasteiger partial charge in [0.2, 0.25) is 5.91 Å². The van der Waals surface area contributed by atoms with Gasteiger partial charge in [0.05, 0.1) is 6.54 Å². The van der Waals surface area contributed by atoms with Crippen molar-refractivity contribution in [1.82, 2.24) is 10.2 Å². The molecule has 2 heterocycles. The molecule has 0 aliphatic carbocycles. The third-order valence-electron chi connectivity index (χ3n) is 4.48. The summed E-state index contributed by atoms with van der Waals surface area (Å²) in [6, 6.07) is 8.80. The summed E-state index contributed by atoms with van der Waals surface area (Å²) >= 11 is 0. The number of anilines is 1. The zero-order chi connectivity index (χ0) is 13.9. The van der Waals surface area contributed by atoms with Gasteiger partial charge in [0.15, 0.2) is 0 Å². The van der Waals surface area contributed by atoms with Gasteiger partial charge in [-0.3, -0.25) is 4.79 Å². The molecule has 108 valence electrons. The number of nitrogens with zero attached hydrogens (tertiary/aromatic N) is 2. The Hall–Kier alpha value is -1.55. The predicted octanol–water partition coefficient (Wildman–Crippen LogP) is 1.43. The van der Waals surface area contributed by atoms with E-state index in [1.165, 1.54) is 24.1 Å². The highest BCUT2D eigenvalue weighted by Crippen LogP contribution is 2.26. The van der Waals surface area contributed by atoms with E-state index >= 15 is 0 Å². The molecule has 2 fully saturated rings. The molecule has 1 N–H and O–H groups in total. The number of rotatable bonds is 2. The Morgan fingerprint density at radius 1 is 1.20 bits per heavy atom. The molecule has 1 unspecified atom stereocenters. The quantitative estimate of drug-likeness (QED) is 0.885. The Labute approximate surface area is 120 Å². The van der Waals surface area contributed by atoms with Gasteiger partial charge in [0.25, 0.3) is 0 Å². The first-order valence-corrected chi connectivity index (χ1v) is 7.53. The summed E-state index contributed by atoms with van der Waals surface area (Å²) in [4.78, 5) is 15.7. The second-order valence-corrected chi connectivity index (χ2v) is 5.87. The largest absolute Gasteiger partial charge is 0.360 e. The summed E-state index contributed by atoms with van der Waals surface area (Å²) in [6.45, 7) is 4.48. The van der Waals surface area contributed by atoms with E-state index in [2.05, 4.69) is 34.5 Å². The van der Waals surface area contributed by atoms with Crippen LogP contribution in [0.2, 0.25) is 0 Å². The van der Waals surface area contributed by atoms with E-state index < -0.39 is 0 Å². The number of carbonyl (C=O) groups is 1. The van der Waals surface area contributed by atoms with Crippen molar-refractivity contribution in [2.24, 2.45) is 0 Å². The van der Waals surface area contributed by atoms with Crippen molar-refractivity contribution in [2.45, 2.75) is 18.8 Å². The van der Waals surface area contributed by atoms with E-state index in [0.29, 0.717) is 12.5 Å². The zero-order valence-corrected chi connectivity index (χ0v) is 12.1. The minimum atomic E-state index is 0.205. The van der Waals surface area contributed by atoms with Crippen LogP contribution >= 0.6 is 0 Å². The molecule has 1 amide bonds. The molecule has 0 radical (unpaired) electrons. The summed E-state index contributed by atoms with van der Waals surface area (Å²) < 4.78 is 0. The highest BCUT2D eigenvalue weighted by molar-refractivity contribution is 5.82. The number of nitrogens with one attached hydrogen (secondary N) is 1. The zero-order valence-electron chi connectivity index (χ0n) is 12.1. The van der Waals surface area contributed by atoms with Crippen LogP contribution in [0.25, 0.3) is 0 Å². The second kappa shape index (κ2) is 5.83. The fraction of sp³-hybridized carbons (Fsp3) is 0.562. The highest BCUT2D eigenvalue weighted by atomic mass is 16.2. The van der Waals surface area contributed by atoms with Gasteiger partial charge in [-0.1, -0.05) is 12.1 Å². The number of carbonyl (C=O) groups excluding carboxylic acids is 1. The second-order valence-electron chi connectivity index (χ2n) is 5.87. The van der Waals surface area contributed by atoms with Crippen molar-refractivity contribution < 1.29 is 4.79 Å². The lowest BCUT2D eigenvalue weighted by Crippen LogP contribution is -2.48. The van der Waals surface area contributed by atoms with Gasteiger partial charge in [0.1, 0.15) is 0 Å². The molecule has 20 heavy (non-hydrogen) atoms. The van der Waals surface area contributed by atoms with Gasteiger partial charge in [0, 0.05) is 32.4 Å². The van der Waals surface area contributed by atoms with Gasteiger partial charge in [-0.05, 0) is 43.0 Å². The molecule has 1 aromatic carbocycles. The Morgan fingerprint density at radius 3 is 2.65 bits per heavy atom. The molecule has 0 bridgehead atoms. The van der Waals surface area contributed by atoms with E-state index in [0.717, 1.165) is 26.2 Å². The van der Waals surface area contributed by atoms with Gasteiger partial charge < -0.3 is 15.1 Å². The summed E-state index contributed by atoms with van der Waals surface area (Å²) in [5.74, 6) is 0.851. The summed E-state index contributed by atoms with van der Waals surface area (Å²) in [7, 11) is 1.87. The molecule has 2 aliphatic rings. The van der Waals surface area contributed by atoms with Crippen LogP contribution in [0.3, 0.4) is 0 Å². The first-order chi connectivity index (χ1) is 9.74. The van der Waals surface area contributed by atoms with Gasteiger partial charge in [-0.2, -0.15) is 0 Å². The maximum absolute atomic E-state index is 11.8. The molecule has 1 aromatic rings. The molecule has 2 aliphatic heterocycles. The first kappa shape index (κ1) is 13.4. The minimum Gasteiger partial charge on any atom is -0.360 e. The molecule has 1 atom stereocenters. The van der Waals surface area contributed by atoms with Crippen LogP contribution in [-0.4, -0.2) is 50.6 Å². The Bertz CT molecular complexity index is 465. The topological polar surface area (TPSA) is 35.6 Å². The number of hydrogen-bond donors (Lipinski definition) is 1. The average molecular weight is 273 g/mol. The number of piperazine rings is 1. The predicted molar refractivity (Wildman–Crippen MR) is 81.1 cm³/mol. The fourth-order valence-electron chi connectivity index (χ4n) is 3.07. The van der Waals surface area contributed by atoms with Crippen molar-refractivity contribution in [1.29, 1.82) is 0 Å². The van der Waals surface area contributed by atoms with Crippen LogP contribution in [0.4, 0.5) is 5.69 Å². The average Bonchev–Trinajstić information content (AvgIpc) is 2.51. The molecular weight excluding hydrogens is 250 g/mol. The standard InChI is InChI=1S/C16H23N3O/c1-18-9-10-19(12-16(18)20)15-6-4-13(5-7-15)14-3-2-8-17-11-14/h4-7,14,17H,2-3,8-12H2,1H3. The maximum Gasteiger partial charge on any atom is 0.241 e. The molecule has 0 saturated carbocycles. The van der Waals surface area contributed by atoms with Crippen molar-refractivity contribution in [3.8, 4) is 0 Å². The summed E-state index contributed by atoms with van der Waals surface area (Å²) in [6.07, 6.45) is 2.54. The van der Waals surface area contributed by atoms with Gasteiger partial charge >= 0.3 is 0 Å². The van der Waals surface area contributed by atoms with Crippen LogP contribution in [0.5, 0.6) is 0 Å². The fourth-order valence-corrected chi connectivity index (χ4v) is 3.07.